The average molecular weight is 415 g/mol. The van der Waals surface area contributed by atoms with Crippen LogP contribution >= 0.6 is 0 Å². The second kappa shape index (κ2) is 8.17. The fraction of sp³-hybridized carbons (Fsp3) is 0.696. The maximum Gasteiger partial charge on any atom is 0.255 e. The zero-order valence-electron chi connectivity index (χ0n) is 18.5. The predicted octanol–water partition coefficient (Wildman–Crippen LogP) is 2.97. The van der Waals surface area contributed by atoms with Crippen LogP contribution in [0.15, 0.2) is 12.3 Å². The maximum absolute atomic E-state index is 13.2. The second-order valence-corrected chi connectivity index (χ2v) is 10.0. The van der Waals surface area contributed by atoms with Crippen molar-refractivity contribution in [1.82, 2.24) is 20.4 Å². The largest absolute Gasteiger partial charge is 0.378 e. The van der Waals surface area contributed by atoms with Crippen LogP contribution in [0.2, 0.25) is 0 Å². The fourth-order valence-electron chi connectivity index (χ4n) is 6.13. The van der Waals surface area contributed by atoms with E-state index >= 15 is 0 Å². The van der Waals surface area contributed by atoms with Crippen LogP contribution in [0.5, 0.6) is 0 Å². The van der Waals surface area contributed by atoms with Gasteiger partial charge in [-0.15, -0.1) is 0 Å². The zero-order chi connectivity index (χ0) is 21.5. The number of carbonyl (C=O) groups is 2. The molecule has 4 bridgehead atoms. The monoisotopic (exact) mass is 414 g/mol. The van der Waals surface area contributed by atoms with E-state index in [1.807, 2.05) is 19.9 Å². The van der Waals surface area contributed by atoms with Gasteiger partial charge in [-0.2, -0.15) is 5.10 Å². The molecule has 1 aromatic heterocycles. The Morgan fingerprint density at radius 2 is 1.83 bits per heavy atom. The minimum Gasteiger partial charge on any atom is -0.378 e. The lowest BCUT2D eigenvalue weighted by Crippen LogP contribution is -2.55. The molecule has 0 aromatic carbocycles. The molecule has 4 saturated carbocycles. The van der Waals surface area contributed by atoms with E-state index in [1.54, 1.807) is 24.2 Å². The smallest absolute Gasteiger partial charge is 0.255 e. The van der Waals surface area contributed by atoms with Crippen LogP contribution in [0.3, 0.4) is 0 Å². The van der Waals surface area contributed by atoms with E-state index in [0.29, 0.717) is 29.1 Å². The SMILES string of the molecule is COCc1c(C(=O)NC2C3CC4CC(C3)CC2C4)cnn1/C=C/C(C)(C)NC(C)=O. The number of aromatic nitrogens is 2. The van der Waals surface area contributed by atoms with E-state index in [9.17, 15) is 9.59 Å². The van der Waals surface area contributed by atoms with Crippen LogP contribution in [-0.4, -0.2) is 40.3 Å². The van der Waals surface area contributed by atoms with Gasteiger partial charge in [0.05, 0.1) is 29.6 Å². The summed E-state index contributed by atoms with van der Waals surface area (Å²) >= 11 is 0. The molecule has 164 valence electrons. The number of ether oxygens (including phenoxy) is 1. The topological polar surface area (TPSA) is 85.2 Å². The molecule has 0 atom stereocenters. The van der Waals surface area contributed by atoms with Gasteiger partial charge in [-0.05, 0) is 75.7 Å². The van der Waals surface area contributed by atoms with E-state index in [1.165, 1.54) is 39.0 Å². The summed E-state index contributed by atoms with van der Waals surface area (Å²) in [7, 11) is 1.61. The van der Waals surface area contributed by atoms with Gasteiger partial charge in [-0.1, -0.05) is 0 Å². The minimum atomic E-state index is -0.523. The molecule has 1 aromatic rings. The van der Waals surface area contributed by atoms with Crippen molar-refractivity contribution in [2.24, 2.45) is 23.7 Å². The Morgan fingerprint density at radius 1 is 1.20 bits per heavy atom. The number of nitrogens with zero attached hydrogens (tertiary/aromatic N) is 2. The summed E-state index contributed by atoms with van der Waals surface area (Å²) in [5.41, 5.74) is 0.756. The van der Waals surface area contributed by atoms with Gasteiger partial charge < -0.3 is 15.4 Å². The molecule has 0 radical (unpaired) electrons. The first-order valence-electron chi connectivity index (χ1n) is 11.1. The van der Waals surface area contributed by atoms with Gasteiger partial charge in [0.25, 0.3) is 5.91 Å². The highest BCUT2D eigenvalue weighted by molar-refractivity contribution is 5.95. The van der Waals surface area contributed by atoms with Crippen LogP contribution in [0.4, 0.5) is 0 Å². The number of nitrogens with one attached hydrogen (secondary N) is 2. The Kier molecular flexibility index (Phi) is 5.75. The molecule has 2 amide bonds. The zero-order valence-corrected chi connectivity index (χ0v) is 18.5. The Balaban J connectivity index is 1.50. The van der Waals surface area contributed by atoms with Gasteiger partial charge in [0.15, 0.2) is 0 Å². The molecule has 4 aliphatic carbocycles. The molecule has 0 unspecified atom stereocenters. The molecule has 0 saturated heterocycles. The molecular weight excluding hydrogens is 380 g/mol. The summed E-state index contributed by atoms with van der Waals surface area (Å²) in [6.07, 6.45) is 11.7. The highest BCUT2D eigenvalue weighted by Crippen LogP contribution is 2.53. The molecule has 7 heteroatoms. The van der Waals surface area contributed by atoms with Crippen molar-refractivity contribution in [1.29, 1.82) is 0 Å². The van der Waals surface area contributed by atoms with Crippen molar-refractivity contribution in [2.75, 3.05) is 7.11 Å². The molecule has 30 heavy (non-hydrogen) atoms. The van der Waals surface area contributed by atoms with Gasteiger partial charge in [0, 0.05) is 26.3 Å². The highest BCUT2D eigenvalue weighted by Gasteiger charge is 2.48. The summed E-state index contributed by atoms with van der Waals surface area (Å²) in [6.45, 7) is 5.59. The van der Waals surface area contributed by atoms with Crippen LogP contribution in [-0.2, 0) is 16.1 Å². The Morgan fingerprint density at radius 3 is 2.40 bits per heavy atom. The molecule has 2 N–H and O–H groups in total. The molecular formula is C23H34N4O3. The summed E-state index contributed by atoms with van der Waals surface area (Å²) < 4.78 is 7.02. The van der Waals surface area contributed by atoms with Crippen molar-refractivity contribution >= 4 is 18.0 Å². The lowest BCUT2D eigenvalue weighted by atomic mass is 9.54. The fourth-order valence-corrected chi connectivity index (χ4v) is 6.13. The Labute approximate surface area is 178 Å². The summed E-state index contributed by atoms with van der Waals surface area (Å²) in [6, 6.07) is 0.290. The lowest BCUT2D eigenvalue weighted by Gasteiger charge is -2.54. The molecule has 4 aliphatic rings. The first kappa shape index (κ1) is 21.1. The number of methoxy groups -OCH3 is 1. The van der Waals surface area contributed by atoms with Crippen molar-refractivity contribution < 1.29 is 14.3 Å². The van der Waals surface area contributed by atoms with E-state index in [4.69, 9.17) is 4.74 Å². The highest BCUT2D eigenvalue weighted by atomic mass is 16.5. The maximum atomic E-state index is 13.2. The van der Waals surface area contributed by atoms with E-state index in [0.717, 1.165) is 11.8 Å². The molecule has 7 nitrogen and oxygen atoms in total. The first-order valence-corrected chi connectivity index (χ1v) is 11.1. The van der Waals surface area contributed by atoms with Crippen molar-refractivity contribution in [3.63, 3.8) is 0 Å². The van der Waals surface area contributed by atoms with Crippen LogP contribution < -0.4 is 10.6 Å². The number of hydrogen-bond acceptors (Lipinski definition) is 4. The van der Waals surface area contributed by atoms with Crippen molar-refractivity contribution in [3.8, 4) is 0 Å². The number of rotatable bonds is 7. The summed E-state index contributed by atoms with van der Waals surface area (Å²) in [5, 5.41) is 10.6. The predicted molar refractivity (Wildman–Crippen MR) is 114 cm³/mol. The summed E-state index contributed by atoms with van der Waals surface area (Å²) in [4.78, 5) is 24.6. The lowest BCUT2D eigenvalue weighted by molar-refractivity contribution is -0.120. The Bertz CT molecular complexity index is 814. The molecule has 1 heterocycles. The van der Waals surface area contributed by atoms with Crippen molar-refractivity contribution in [2.45, 2.75) is 71.1 Å². The number of hydrogen-bond donors (Lipinski definition) is 2. The molecule has 0 spiro atoms. The van der Waals surface area contributed by atoms with Crippen LogP contribution in [0, 0.1) is 23.7 Å². The van der Waals surface area contributed by atoms with Gasteiger partial charge in [0.2, 0.25) is 5.91 Å². The van der Waals surface area contributed by atoms with Crippen LogP contribution in [0.25, 0.3) is 6.20 Å². The quantitative estimate of drug-likeness (QED) is 0.718. The molecule has 4 fully saturated rings. The number of amides is 2. The third-order valence-corrected chi connectivity index (χ3v) is 7.08. The number of carbonyl (C=O) groups excluding carboxylic acids is 2. The van der Waals surface area contributed by atoms with Gasteiger partial charge in [-0.25, -0.2) is 4.68 Å². The third-order valence-electron chi connectivity index (χ3n) is 7.08. The first-order chi connectivity index (χ1) is 14.3. The average Bonchev–Trinajstić information content (AvgIpc) is 3.04. The van der Waals surface area contributed by atoms with Crippen molar-refractivity contribution in [3.05, 3.63) is 23.5 Å². The standard InChI is InChI=1S/C23H34N4O3/c1-14(28)26-23(2,3)5-6-27-20(13-30-4)19(12-24-27)22(29)25-21-17-8-15-7-16(10-17)11-18(21)9-15/h5-6,12,15-18,21H,7-11,13H2,1-4H3,(H,25,29)(H,26,28)/b6-5+. The minimum absolute atomic E-state index is 0.0553. The van der Waals surface area contributed by atoms with Gasteiger partial charge in [-0.3, -0.25) is 9.59 Å². The second-order valence-electron chi connectivity index (χ2n) is 10.0. The Hall–Kier alpha value is -2.15. The van der Waals surface area contributed by atoms with Gasteiger partial charge in [0.1, 0.15) is 0 Å². The van der Waals surface area contributed by atoms with Gasteiger partial charge >= 0.3 is 0 Å². The third kappa shape index (κ3) is 4.31. The van der Waals surface area contributed by atoms with E-state index in [-0.39, 0.29) is 18.4 Å². The normalized spacial score (nSPS) is 30.1. The summed E-state index contributed by atoms with van der Waals surface area (Å²) in [5.74, 6) is 2.86. The van der Waals surface area contributed by atoms with Crippen LogP contribution in [0.1, 0.15) is 68.9 Å². The molecule has 5 rings (SSSR count). The molecule has 0 aliphatic heterocycles. The van der Waals surface area contributed by atoms with E-state index in [2.05, 4.69) is 15.7 Å². The van der Waals surface area contributed by atoms with E-state index < -0.39 is 5.54 Å².